The normalized spacial score (nSPS) is 15.1. The minimum Gasteiger partial charge on any atom is -0.371 e. The highest BCUT2D eigenvalue weighted by atomic mass is 32.1. The van der Waals surface area contributed by atoms with E-state index in [9.17, 15) is 0 Å². The van der Waals surface area contributed by atoms with Gasteiger partial charge < -0.3 is 14.4 Å². The zero-order chi connectivity index (χ0) is 19.5. The van der Waals surface area contributed by atoms with E-state index in [-0.39, 0.29) is 0 Å². The van der Waals surface area contributed by atoms with Gasteiger partial charge in [-0.3, -0.25) is 0 Å². The van der Waals surface area contributed by atoms with Crippen molar-refractivity contribution in [3.63, 3.8) is 0 Å². The first kappa shape index (κ1) is 18.9. The van der Waals surface area contributed by atoms with E-state index in [2.05, 4.69) is 48.3 Å². The van der Waals surface area contributed by atoms with Crippen LogP contribution in [-0.4, -0.2) is 34.5 Å². The van der Waals surface area contributed by atoms with Crippen molar-refractivity contribution in [3.05, 3.63) is 64.9 Å². The van der Waals surface area contributed by atoms with Crippen LogP contribution in [0.25, 0.3) is 11.4 Å². The molecule has 1 aliphatic heterocycles. The van der Waals surface area contributed by atoms with E-state index in [1.807, 2.05) is 34.5 Å². The summed E-state index contributed by atoms with van der Waals surface area (Å²) in [6, 6.07) is 19.0. The Balaban J connectivity index is 1.52. The Morgan fingerprint density at radius 1 is 1.00 bits per heavy atom. The zero-order valence-electron chi connectivity index (χ0n) is 16.6. The van der Waals surface area contributed by atoms with Gasteiger partial charge in [0, 0.05) is 37.0 Å². The number of nitrogens with one attached hydrogen (secondary N) is 1. The molecule has 4 rings (SSSR count). The molecule has 1 atom stereocenters. The molecule has 0 saturated carbocycles. The topological polar surface area (TPSA) is 30.4 Å². The smallest absolute Gasteiger partial charge is 0.202 e. The maximum Gasteiger partial charge on any atom is 0.202 e. The van der Waals surface area contributed by atoms with E-state index in [1.165, 1.54) is 42.1 Å². The molecule has 0 radical (unpaired) electrons. The van der Waals surface area contributed by atoms with Gasteiger partial charge in [-0.05, 0) is 31.1 Å². The first-order chi connectivity index (χ1) is 13.6. The fourth-order valence-corrected chi connectivity index (χ4v) is 4.18. The minimum absolute atomic E-state index is 0.744. The molecule has 6 heteroatoms. The summed E-state index contributed by atoms with van der Waals surface area (Å²) in [7, 11) is 4.20. The average molecular weight is 395 g/mol. The first-order valence-corrected chi connectivity index (χ1v) is 10.4. The summed E-state index contributed by atoms with van der Waals surface area (Å²) in [5.41, 5.74) is 3.87. The standard InChI is InChI=1S/C22H27N5S/c1-24(16-19-12-6-7-13-20(19)26-14-8-9-15-26)17-27-22(28)25(2)21(23-27)18-10-4-3-5-11-18/h3-7,10-13H,8-9,14-17H2,1-2H3/p+1. The van der Waals surface area contributed by atoms with Crippen molar-refractivity contribution in [2.75, 3.05) is 25.0 Å². The van der Waals surface area contributed by atoms with Crippen LogP contribution in [0.15, 0.2) is 54.6 Å². The third-order valence-electron chi connectivity index (χ3n) is 5.42. The molecule has 1 unspecified atom stereocenters. The lowest BCUT2D eigenvalue weighted by molar-refractivity contribution is -0.917. The van der Waals surface area contributed by atoms with Crippen molar-refractivity contribution in [3.8, 4) is 11.4 Å². The summed E-state index contributed by atoms with van der Waals surface area (Å²) < 4.78 is 4.70. The fourth-order valence-electron chi connectivity index (χ4n) is 3.99. The van der Waals surface area contributed by atoms with Crippen molar-refractivity contribution in [1.29, 1.82) is 0 Å². The molecule has 28 heavy (non-hydrogen) atoms. The SMILES string of the molecule is Cn1c(-c2ccccc2)nn(C[NH+](C)Cc2ccccc2N2CCCC2)c1=S. The molecule has 0 bridgehead atoms. The van der Waals surface area contributed by atoms with Crippen LogP contribution >= 0.6 is 12.2 Å². The molecule has 1 aliphatic rings. The molecule has 0 aliphatic carbocycles. The van der Waals surface area contributed by atoms with Crippen LogP contribution in [0.5, 0.6) is 0 Å². The van der Waals surface area contributed by atoms with E-state index in [1.54, 1.807) is 0 Å². The maximum absolute atomic E-state index is 5.65. The molecule has 146 valence electrons. The maximum atomic E-state index is 5.65. The van der Waals surface area contributed by atoms with Crippen LogP contribution in [0.2, 0.25) is 0 Å². The van der Waals surface area contributed by atoms with Gasteiger partial charge in [-0.2, -0.15) is 4.68 Å². The molecule has 1 aromatic heterocycles. The number of quaternary nitrogens is 1. The van der Waals surface area contributed by atoms with Crippen molar-refractivity contribution in [2.45, 2.75) is 26.1 Å². The van der Waals surface area contributed by atoms with Crippen LogP contribution in [0.4, 0.5) is 5.69 Å². The largest absolute Gasteiger partial charge is 0.371 e. The molecule has 2 aromatic carbocycles. The molecule has 1 saturated heterocycles. The van der Waals surface area contributed by atoms with E-state index in [0.29, 0.717) is 0 Å². The summed E-state index contributed by atoms with van der Waals surface area (Å²) >= 11 is 5.65. The van der Waals surface area contributed by atoms with Crippen molar-refractivity contribution < 1.29 is 4.90 Å². The van der Waals surface area contributed by atoms with Crippen molar-refractivity contribution >= 4 is 17.9 Å². The van der Waals surface area contributed by atoms with Gasteiger partial charge in [0.1, 0.15) is 6.54 Å². The van der Waals surface area contributed by atoms with Crippen molar-refractivity contribution in [2.24, 2.45) is 7.05 Å². The molecule has 1 fully saturated rings. The molecular formula is C22H28N5S+. The van der Waals surface area contributed by atoms with Gasteiger partial charge in [0.2, 0.25) is 4.77 Å². The second-order valence-electron chi connectivity index (χ2n) is 7.65. The number of anilines is 1. The molecule has 0 spiro atoms. The van der Waals surface area contributed by atoms with E-state index >= 15 is 0 Å². The molecule has 2 heterocycles. The number of hydrogen-bond donors (Lipinski definition) is 1. The fraction of sp³-hybridized carbons (Fsp3) is 0.364. The molecule has 1 N–H and O–H groups in total. The van der Waals surface area contributed by atoms with E-state index < -0.39 is 0 Å². The number of nitrogens with zero attached hydrogens (tertiary/aromatic N) is 4. The Kier molecular flexibility index (Phi) is 5.59. The molecule has 5 nitrogen and oxygen atoms in total. The van der Waals surface area contributed by atoms with E-state index in [4.69, 9.17) is 17.3 Å². The highest BCUT2D eigenvalue weighted by Gasteiger charge is 2.18. The monoisotopic (exact) mass is 394 g/mol. The van der Waals surface area contributed by atoms with Crippen LogP contribution in [0.3, 0.4) is 0 Å². The van der Waals surface area contributed by atoms with Gasteiger partial charge in [0.15, 0.2) is 12.5 Å². The van der Waals surface area contributed by atoms with E-state index in [0.717, 1.165) is 29.4 Å². The van der Waals surface area contributed by atoms with Crippen LogP contribution < -0.4 is 9.80 Å². The predicted molar refractivity (Wildman–Crippen MR) is 116 cm³/mol. The van der Waals surface area contributed by atoms with Gasteiger partial charge >= 0.3 is 0 Å². The number of rotatable bonds is 6. The van der Waals surface area contributed by atoms with Gasteiger partial charge in [-0.15, -0.1) is 5.10 Å². The van der Waals surface area contributed by atoms with Crippen molar-refractivity contribution in [1.82, 2.24) is 14.3 Å². The lowest BCUT2D eigenvalue weighted by atomic mass is 10.1. The Hall–Kier alpha value is -2.44. The molecule has 3 aromatic rings. The Morgan fingerprint density at radius 2 is 1.68 bits per heavy atom. The third-order valence-corrected chi connectivity index (χ3v) is 5.91. The number of hydrogen-bond acceptors (Lipinski definition) is 3. The highest BCUT2D eigenvalue weighted by Crippen LogP contribution is 2.24. The molecule has 0 amide bonds. The van der Waals surface area contributed by atoms with Gasteiger partial charge in [0.05, 0.1) is 7.05 Å². The second-order valence-corrected chi connectivity index (χ2v) is 8.01. The number of benzene rings is 2. The minimum atomic E-state index is 0.744. The lowest BCUT2D eigenvalue weighted by Crippen LogP contribution is -3.07. The summed E-state index contributed by atoms with van der Waals surface area (Å²) in [6.07, 6.45) is 2.59. The van der Waals surface area contributed by atoms with Gasteiger partial charge in [-0.25, -0.2) is 0 Å². The highest BCUT2D eigenvalue weighted by molar-refractivity contribution is 7.71. The Labute approximate surface area is 171 Å². The predicted octanol–water partition coefficient (Wildman–Crippen LogP) is 2.89. The summed E-state index contributed by atoms with van der Waals surface area (Å²) in [4.78, 5) is 3.88. The summed E-state index contributed by atoms with van der Waals surface area (Å²) in [6.45, 7) is 4.03. The van der Waals surface area contributed by atoms with Gasteiger partial charge in [0.25, 0.3) is 0 Å². The Bertz CT molecular complexity index is 986. The summed E-state index contributed by atoms with van der Waals surface area (Å²) in [5, 5.41) is 4.81. The average Bonchev–Trinajstić information content (AvgIpc) is 3.34. The quantitative estimate of drug-likeness (QED) is 0.652. The van der Waals surface area contributed by atoms with Crippen LogP contribution in [-0.2, 0) is 20.3 Å². The first-order valence-electron chi connectivity index (χ1n) is 9.97. The number of aromatic nitrogens is 3. The van der Waals surface area contributed by atoms with Crippen LogP contribution in [0.1, 0.15) is 18.4 Å². The van der Waals surface area contributed by atoms with Gasteiger partial charge in [-0.1, -0.05) is 48.5 Å². The number of para-hydroxylation sites is 1. The zero-order valence-corrected chi connectivity index (χ0v) is 17.5. The Morgan fingerprint density at radius 3 is 2.43 bits per heavy atom. The third kappa shape index (κ3) is 3.88. The lowest BCUT2D eigenvalue weighted by Gasteiger charge is -2.23. The second kappa shape index (κ2) is 8.29. The molecular weight excluding hydrogens is 366 g/mol. The summed E-state index contributed by atoms with van der Waals surface area (Å²) in [5.74, 6) is 0.913. The van der Waals surface area contributed by atoms with Crippen LogP contribution in [0, 0.1) is 4.77 Å².